The SMILES string of the molecule is Cc1cc(-c2nnc(SCC(=O)Nc3ccc(Cl)c([N+](=O)[O-])c3)n2CC2CCCO2)cs1. The average Bonchev–Trinajstić information content (AvgIpc) is 3.50. The minimum Gasteiger partial charge on any atom is -0.376 e. The molecule has 1 saturated heterocycles. The molecule has 0 radical (unpaired) electrons. The number of halogens is 1. The molecule has 9 nitrogen and oxygen atoms in total. The van der Waals surface area contributed by atoms with Crippen molar-refractivity contribution in [3.05, 3.63) is 49.7 Å². The topological polar surface area (TPSA) is 112 Å². The number of nitro benzene ring substituents is 1. The quantitative estimate of drug-likeness (QED) is 0.273. The number of benzene rings is 1. The van der Waals surface area contributed by atoms with Gasteiger partial charge in [-0.1, -0.05) is 23.4 Å². The summed E-state index contributed by atoms with van der Waals surface area (Å²) in [6, 6.07) is 6.21. The van der Waals surface area contributed by atoms with Crippen molar-refractivity contribution in [2.45, 2.75) is 37.6 Å². The van der Waals surface area contributed by atoms with E-state index < -0.39 is 4.92 Å². The lowest BCUT2D eigenvalue weighted by Gasteiger charge is -2.14. The van der Waals surface area contributed by atoms with Crippen LogP contribution in [0.4, 0.5) is 11.4 Å². The van der Waals surface area contributed by atoms with Crippen molar-refractivity contribution in [2.24, 2.45) is 0 Å². The van der Waals surface area contributed by atoms with Crippen LogP contribution in [0.2, 0.25) is 5.02 Å². The Hall–Kier alpha value is -2.47. The van der Waals surface area contributed by atoms with Gasteiger partial charge in [-0.25, -0.2) is 0 Å². The number of hydrogen-bond acceptors (Lipinski definition) is 8. The Morgan fingerprint density at radius 2 is 2.28 bits per heavy atom. The van der Waals surface area contributed by atoms with Crippen LogP contribution in [-0.4, -0.2) is 44.1 Å². The van der Waals surface area contributed by atoms with Crippen LogP contribution in [0.1, 0.15) is 17.7 Å². The van der Waals surface area contributed by atoms with Crippen molar-refractivity contribution in [3.8, 4) is 11.4 Å². The number of carbonyl (C=O) groups excluding carboxylic acids is 1. The summed E-state index contributed by atoms with van der Waals surface area (Å²) in [7, 11) is 0. The first-order chi connectivity index (χ1) is 15.4. The number of nitrogens with zero attached hydrogens (tertiary/aromatic N) is 4. The molecule has 0 spiro atoms. The van der Waals surface area contributed by atoms with Gasteiger partial charge in [0.1, 0.15) is 5.02 Å². The summed E-state index contributed by atoms with van der Waals surface area (Å²) < 4.78 is 7.80. The molecule has 3 aromatic rings. The fraction of sp³-hybridized carbons (Fsp3) is 0.350. The van der Waals surface area contributed by atoms with Gasteiger partial charge in [-0.05, 0) is 38.0 Å². The number of ether oxygens (including phenoxy) is 1. The van der Waals surface area contributed by atoms with Gasteiger partial charge in [0.2, 0.25) is 5.91 Å². The molecule has 0 bridgehead atoms. The fourth-order valence-corrected chi connectivity index (χ4v) is 5.00. The molecule has 12 heteroatoms. The normalized spacial score (nSPS) is 15.8. The highest BCUT2D eigenvalue weighted by molar-refractivity contribution is 7.99. The van der Waals surface area contributed by atoms with Gasteiger partial charge in [0.15, 0.2) is 11.0 Å². The third-order valence-electron chi connectivity index (χ3n) is 4.87. The Morgan fingerprint density at radius 1 is 1.44 bits per heavy atom. The van der Waals surface area contributed by atoms with E-state index in [0.29, 0.717) is 17.4 Å². The van der Waals surface area contributed by atoms with E-state index in [1.54, 1.807) is 11.3 Å². The Balaban J connectivity index is 1.47. The van der Waals surface area contributed by atoms with Crippen LogP contribution in [0.15, 0.2) is 34.8 Å². The predicted octanol–water partition coefficient (Wildman–Crippen LogP) is 4.79. The van der Waals surface area contributed by atoms with E-state index in [1.165, 1.54) is 34.8 Å². The number of anilines is 1. The second-order valence-electron chi connectivity index (χ2n) is 7.26. The fourth-order valence-electron chi connectivity index (χ4n) is 3.38. The van der Waals surface area contributed by atoms with E-state index in [-0.39, 0.29) is 28.5 Å². The molecule has 4 rings (SSSR count). The van der Waals surface area contributed by atoms with Crippen molar-refractivity contribution in [3.63, 3.8) is 0 Å². The highest BCUT2D eigenvalue weighted by Crippen LogP contribution is 2.30. The van der Waals surface area contributed by atoms with Crippen LogP contribution in [0.3, 0.4) is 0 Å². The number of hydrogen-bond donors (Lipinski definition) is 1. The third kappa shape index (κ3) is 5.29. The Morgan fingerprint density at radius 3 is 2.97 bits per heavy atom. The molecule has 0 aliphatic carbocycles. The van der Waals surface area contributed by atoms with Gasteiger partial charge in [-0.3, -0.25) is 19.5 Å². The first-order valence-electron chi connectivity index (χ1n) is 9.87. The standard InChI is InChI=1S/C20H20ClN5O4S2/c1-12-7-13(10-31-12)19-23-24-20(25(19)9-15-3-2-6-30-15)32-11-18(27)22-14-4-5-16(21)17(8-14)26(28)29/h4-5,7-8,10,15H,2-3,6,9,11H2,1H3,(H,22,27). The molecular formula is C20H20ClN5O4S2. The van der Waals surface area contributed by atoms with Gasteiger partial charge in [-0.15, -0.1) is 21.5 Å². The number of nitrogens with one attached hydrogen (secondary N) is 1. The van der Waals surface area contributed by atoms with E-state index in [4.69, 9.17) is 16.3 Å². The number of nitro groups is 1. The average molecular weight is 494 g/mol. The first-order valence-corrected chi connectivity index (χ1v) is 12.1. The predicted molar refractivity (Wildman–Crippen MR) is 125 cm³/mol. The molecule has 1 N–H and O–H groups in total. The van der Waals surface area contributed by atoms with Gasteiger partial charge < -0.3 is 10.1 Å². The summed E-state index contributed by atoms with van der Waals surface area (Å²) in [4.78, 5) is 24.1. The van der Waals surface area contributed by atoms with E-state index >= 15 is 0 Å². The number of aryl methyl sites for hydroxylation is 1. The van der Waals surface area contributed by atoms with Crippen LogP contribution < -0.4 is 5.32 Å². The lowest BCUT2D eigenvalue weighted by atomic mass is 10.2. The van der Waals surface area contributed by atoms with Gasteiger partial charge in [0, 0.05) is 34.2 Å². The number of thiophene rings is 1. The first kappa shape index (κ1) is 22.7. The summed E-state index contributed by atoms with van der Waals surface area (Å²) in [5, 5.41) is 25.1. The highest BCUT2D eigenvalue weighted by atomic mass is 35.5. The maximum atomic E-state index is 12.5. The number of carbonyl (C=O) groups is 1. The van der Waals surface area contributed by atoms with Crippen LogP contribution >= 0.6 is 34.7 Å². The molecule has 2 aromatic heterocycles. The smallest absolute Gasteiger partial charge is 0.289 e. The minimum absolute atomic E-state index is 0.0146. The van der Waals surface area contributed by atoms with E-state index in [1.807, 2.05) is 16.9 Å². The molecule has 1 aliphatic rings. The zero-order chi connectivity index (χ0) is 22.7. The van der Waals surface area contributed by atoms with Crippen molar-refractivity contribution in [2.75, 3.05) is 17.7 Å². The van der Waals surface area contributed by atoms with Crippen molar-refractivity contribution in [1.82, 2.24) is 14.8 Å². The lowest BCUT2D eigenvalue weighted by Crippen LogP contribution is -2.18. The molecule has 3 heterocycles. The molecular weight excluding hydrogens is 474 g/mol. The van der Waals surface area contributed by atoms with Crippen molar-refractivity contribution >= 4 is 52.0 Å². The summed E-state index contributed by atoms with van der Waals surface area (Å²) >= 11 is 8.73. The van der Waals surface area contributed by atoms with Crippen molar-refractivity contribution < 1.29 is 14.5 Å². The van der Waals surface area contributed by atoms with E-state index in [9.17, 15) is 14.9 Å². The third-order valence-corrected chi connectivity index (χ3v) is 7.02. The number of thioether (sulfide) groups is 1. The molecule has 1 unspecified atom stereocenters. The van der Waals surface area contributed by atoms with Crippen LogP contribution in [-0.2, 0) is 16.1 Å². The van der Waals surface area contributed by atoms with E-state index in [2.05, 4.69) is 21.6 Å². The van der Waals surface area contributed by atoms with E-state index in [0.717, 1.165) is 30.8 Å². The Kier molecular flexibility index (Phi) is 7.09. The number of aromatic nitrogens is 3. The number of amides is 1. The summed E-state index contributed by atoms with van der Waals surface area (Å²) in [6.07, 6.45) is 2.09. The van der Waals surface area contributed by atoms with Crippen LogP contribution in [0.25, 0.3) is 11.4 Å². The zero-order valence-electron chi connectivity index (χ0n) is 17.1. The maximum Gasteiger partial charge on any atom is 0.289 e. The Bertz CT molecular complexity index is 1140. The lowest BCUT2D eigenvalue weighted by molar-refractivity contribution is -0.384. The zero-order valence-corrected chi connectivity index (χ0v) is 19.5. The maximum absolute atomic E-state index is 12.5. The molecule has 1 amide bonds. The Labute approximate surface area is 197 Å². The molecule has 0 saturated carbocycles. The van der Waals surface area contributed by atoms with Gasteiger partial charge in [0.05, 0.1) is 23.3 Å². The minimum atomic E-state index is -0.589. The number of rotatable bonds is 8. The summed E-state index contributed by atoms with van der Waals surface area (Å²) in [5.41, 5.74) is 1.04. The summed E-state index contributed by atoms with van der Waals surface area (Å²) in [5.74, 6) is 0.509. The van der Waals surface area contributed by atoms with Crippen LogP contribution in [0, 0.1) is 17.0 Å². The second-order valence-corrected chi connectivity index (χ2v) is 9.72. The van der Waals surface area contributed by atoms with Crippen LogP contribution in [0.5, 0.6) is 0 Å². The molecule has 1 aliphatic heterocycles. The molecule has 1 aromatic carbocycles. The van der Waals surface area contributed by atoms with Gasteiger partial charge >= 0.3 is 0 Å². The van der Waals surface area contributed by atoms with Gasteiger partial charge in [-0.2, -0.15) is 0 Å². The molecule has 1 fully saturated rings. The second kappa shape index (κ2) is 9.99. The van der Waals surface area contributed by atoms with Gasteiger partial charge in [0.25, 0.3) is 5.69 Å². The largest absolute Gasteiger partial charge is 0.376 e. The molecule has 168 valence electrons. The van der Waals surface area contributed by atoms with Crippen molar-refractivity contribution in [1.29, 1.82) is 0 Å². The molecule has 32 heavy (non-hydrogen) atoms. The monoisotopic (exact) mass is 493 g/mol. The summed E-state index contributed by atoms with van der Waals surface area (Å²) in [6.45, 7) is 3.40. The molecule has 1 atom stereocenters. The highest BCUT2D eigenvalue weighted by Gasteiger charge is 2.23.